The van der Waals surface area contributed by atoms with Crippen LogP contribution in [-0.2, 0) is 24.1 Å². The molecule has 0 radical (unpaired) electrons. The number of aryl methyl sites for hydroxylation is 1. The minimum Gasteiger partial charge on any atom is -0.383 e. The van der Waals surface area contributed by atoms with E-state index in [0.717, 1.165) is 9.13 Å². The summed E-state index contributed by atoms with van der Waals surface area (Å²) in [4.78, 5) is 42.0. The molecule has 3 rings (SSSR count). The molecule has 0 saturated heterocycles. The molecule has 0 unspecified atom stereocenters. The first-order valence-corrected chi connectivity index (χ1v) is 10.9. The molecule has 0 bridgehead atoms. The van der Waals surface area contributed by atoms with Crippen LogP contribution < -0.4 is 21.7 Å². The minimum absolute atomic E-state index is 0.00593. The monoisotopic (exact) mass is 465 g/mol. The van der Waals surface area contributed by atoms with Gasteiger partial charge in [-0.3, -0.25) is 18.7 Å². The van der Waals surface area contributed by atoms with Gasteiger partial charge in [-0.25, -0.2) is 22.9 Å². The lowest BCUT2D eigenvalue weighted by molar-refractivity contribution is 0.0981. The molecule has 2 heterocycles. The highest BCUT2D eigenvalue weighted by atomic mass is 35.5. The van der Waals surface area contributed by atoms with Crippen molar-refractivity contribution >= 4 is 44.4 Å². The number of aromatic nitrogens is 3. The number of pyridine rings is 1. The predicted molar refractivity (Wildman–Crippen MR) is 117 cm³/mol. The summed E-state index contributed by atoms with van der Waals surface area (Å²) in [6, 6.07) is 5.23. The summed E-state index contributed by atoms with van der Waals surface area (Å²) >= 11 is 5.78. The van der Waals surface area contributed by atoms with E-state index in [1.807, 2.05) is 4.72 Å². The van der Waals surface area contributed by atoms with Crippen molar-refractivity contribution in [1.82, 2.24) is 18.8 Å². The molecule has 10 nitrogen and oxygen atoms in total. The first-order valence-electron chi connectivity index (χ1n) is 9.08. The topological polar surface area (TPSA) is 146 Å². The minimum atomic E-state index is -4.25. The summed E-state index contributed by atoms with van der Waals surface area (Å²) in [6.07, 6.45) is 0. The number of halogens is 1. The number of carbonyl (C=O) groups excluding carboxylic acids is 1. The quantitative estimate of drug-likeness (QED) is 0.586. The van der Waals surface area contributed by atoms with Crippen LogP contribution in [0.25, 0.3) is 11.0 Å². The van der Waals surface area contributed by atoms with E-state index in [4.69, 9.17) is 17.3 Å². The van der Waals surface area contributed by atoms with E-state index in [1.165, 1.54) is 38.4 Å². The Bertz CT molecular complexity index is 1440. The summed E-state index contributed by atoms with van der Waals surface area (Å²) in [5.41, 5.74) is 4.69. The van der Waals surface area contributed by atoms with E-state index in [2.05, 4.69) is 4.98 Å². The van der Waals surface area contributed by atoms with Crippen LogP contribution >= 0.6 is 11.6 Å². The number of nitrogens with one attached hydrogen (secondary N) is 1. The highest BCUT2D eigenvalue weighted by Gasteiger charge is 2.28. The van der Waals surface area contributed by atoms with Crippen LogP contribution in [0.4, 0.5) is 5.82 Å². The summed E-state index contributed by atoms with van der Waals surface area (Å²) in [5.74, 6) is -1.76. The van der Waals surface area contributed by atoms with Gasteiger partial charge in [0.15, 0.2) is 5.65 Å². The average Bonchev–Trinajstić information content (AvgIpc) is 2.69. The highest BCUT2D eigenvalue weighted by molar-refractivity contribution is 7.90. The molecule has 31 heavy (non-hydrogen) atoms. The van der Waals surface area contributed by atoms with E-state index >= 15 is 0 Å². The van der Waals surface area contributed by atoms with Gasteiger partial charge in [0.2, 0.25) is 0 Å². The maximum Gasteiger partial charge on any atom is 0.332 e. The van der Waals surface area contributed by atoms with Gasteiger partial charge in [0.1, 0.15) is 5.82 Å². The molecular formula is C19H20ClN5O5S. The lowest BCUT2D eigenvalue weighted by atomic mass is 9.94. The fraction of sp³-hybridized carbons (Fsp3) is 0.263. The van der Waals surface area contributed by atoms with E-state index in [1.54, 1.807) is 13.8 Å². The van der Waals surface area contributed by atoms with Crippen LogP contribution in [0.5, 0.6) is 0 Å². The Morgan fingerprint density at radius 2 is 1.71 bits per heavy atom. The summed E-state index contributed by atoms with van der Waals surface area (Å²) in [6.45, 7) is 3.42. The number of nitrogens with zero attached hydrogens (tertiary/aromatic N) is 3. The average molecular weight is 466 g/mol. The van der Waals surface area contributed by atoms with Gasteiger partial charge in [-0.05, 0) is 35.7 Å². The van der Waals surface area contributed by atoms with Crippen molar-refractivity contribution in [2.45, 2.75) is 24.7 Å². The Labute approximate surface area is 182 Å². The molecule has 0 aliphatic rings. The maximum atomic E-state index is 13.0. The van der Waals surface area contributed by atoms with Crippen molar-refractivity contribution in [2.24, 2.45) is 14.1 Å². The number of hydrogen-bond donors (Lipinski definition) is 2. The number of benzene rings is 1. The molecule has 0 atom stereocenters. The van der Waals surface area contributed by atoms with Crippen molar-refractivity contribution < 1.29 is 13.2 Å². The molecule has 0 saturated carbocycles. The van der Waals surface area contributed by atoms with Crippen LogP contribution in [0.3, 0.4) is 0 Å². The number of anilines is 1. The van der Waals surface area contributed by atoms with E-state index in [0.29, 0.717) is 5.02 Å². The lowest BCUT2D eigenvalue weighted by Gasteiger charge is -2.18. The molecule has 1 amide bonds. The van der Waals surface area contributed by atoms with Crippen molar-refractivity contribution in [3.63, 3.8) is 0 Å². The van der Waals surface area contributed by atoms with Crippen molar-refractivity contribution in [2.75, 3.05) is 5.73 Å². The number of hydrogen-bond acceptors (Lipinski definition) is 7. The number of carbonyl (C=O) groups is 1. The van der Waals surface area contributed by atoms with Crippen LogP contribution in [0.15, 0.2) is 38.8 Å². The first-order chi connectivity index (χ1) is 14.4. The number of amides is 1. The van der Waals surface area contributed by atoms with Crippen LogP contribution in [-0.4, -0.2) is 28.4 Å². The number of nitrogen functional groups attached to an aromatic ring is 1. The normalized spacial score (nSPS) is 11.8. The third-order valence-electron chi connectivity index (χ3n) is 4.81. The largest absolute Gasteiger partial charge is 0.383 e. The molecule has 1 aromatic carbocycles. The second kappa shape index (κ2) is 7.82. The third kappa shape index (κ3) is 3.81. The number of nitrogens with two attached hydrogens (primary N) is 1. The Balaban J connectivity index is 2.27. The van der Waals surface area contributed by atoms with Gasteiger partial charge in [0.25, 0.3) is 21.5 Å². The van der Waals surface area contributed by atoms with Gasteiger partial charge in [0.05, 0.1) is 15.8 Å². The van der Waals surface area contributed by atoms with Gasteiger partial charge in [-0.2, -0.15) is 0 Å². The van der Waals surface area contributed by atoms with Crippen LogP contribution in [0.1, 0.15) is 35.7 Å². The Morgan fingerprint density at radius 3 is 2.26 bits per heavy atom. The zero-order valence-corrected chi connectivity index (χ0v) is 18.7. The Hall–Kier alpha value is -3.18. The van der Waals surface area contributed by atoms with Gasteiger partial charge < -0.3 is 5.73 Å². The molecule has 0 fully saturated rings. The number of rotatable bonds is 4. The molecular weight excluding hydrogens is 446 g/mol. The van der Waals surface area contributed by atoms with Crippen molar-refractivity contribution in [1.29, 1.82) is 0 Å². The molecule has 0 spiro atoms. The second-order valence-electron chi connectivity index (χ2n) is 7.23. The zero-order chi connectivity index (χ0) is 23.2. The predicted octanol–water partition coefficient (Wildman–Crippen LogP) is 1.11. The van der Waals surface area contributed by atoms with E-state index < -0.39 is 33.1 Å². The number of fused-ring (bicyclic) bond motifs is 1. The van der Waals surface area contributed by atoms with Gasteiger partial charge in [-0.1, -0.05) is 25.4 Å². The molecule has 2 aromatic heterocycles. The molecule has 3 N–H and O–H groups in total. The van der Waals surface area contributed by atoms with Gasteiger partial charge >= 0.3 is 5.69 Å². The number of sulfonamides is 1. The summed E-state index contributed by atoms with van der Waals surface area (Å²) in [5, 5.41) is 0.347. The summed E-state index contributed by atoms with van der Waals surface area (Å²) in [7, 11) is -1.53. The Kier molecular flexibility index (Phi) is 5.68. The van der Waals surface area contributed by atoms with Gasteiger partial charge in [-0.15, -0.1) is 0 Å². The van der Waals surface area contributed by atoms with Crippen LogP contribution in [0.2, 0.25) is 5.02 Å². The fourth-order valence-electron chi connectivity index (χ4n) is 3.29. The standard InChI is InChI=1S/C19H20ClN5O5S/c1-9(2)12-13(17(26)23-31(29,30)11-7-5-10(20)6-8-11)15(21)22-16-14(12)18(27)25(4)19(28)24(16)3/h5-9H,1-4H3,(H2,21,22)(H,23,26). The van der Waals surface area contributed by atoms with Crippen LogP contribution in [0, 0.1) is 0 Å². The smallest absolute Gasteiger partial charge is 0.332 e. The van der Waals surface area contributed by atoms with E-state index in [9.17, 15) is 22.8 Å². The van der Waals surface area contributed by atoms with Crippen molar-refractivity contribution in [3.05, 3.63) is 61.3 Å². The second-order valence-corrected chi connectivity index (χ2v) is 9.35. The first kappa shape index (κ1) is 22.5. The van der Waals surface area contributed by atoms with Gasteiger partial charge in [0, 0.05) is 19.1 Å². The third-order valence-corrected chi connectivity index (χ3v) is 6.41. The van der Waals surface area contributed by atoms with E-state index in [-0.39, 0.29) is 32.9 Å². The lowest BCUT2D eigenvalue weighted by Crippen LogP contribution is -2.39. The van der Waals surface area contributed by atoms with Crippen molar-refractivity contribution in [3.8, 4) is 0 Å². The SMILES string of the molecule is CC(C)c1c(C(=O)NS(=O)(=O)c2ccc(Cl)cc2)c(N)nc2c1c(=O)n(C)c(=O)n2C. The Morgan fingerprint density at radius 1 is 1.13 bits per heavy atom. The highest BCUT2D eigenvalue weighted by Crippen LogP contribution is 2.29. The molecule has 3 aromatic rings. The zero-order valence-electron chi connectivity index (χ0n) is 17.1. The fourth-order valence-corrected chi connectivity index (χ4v) is 4.38. The summed E-state index contributed by atoms with van der Waals surface area (Å²) < 4.78 is 29.3. The molecule has 164 valence electrons. The maximum absolute atomic E-state index is 13.0. The molecule has 0 aliphatic heterocycles. The molecule has 0 aliphatic carbocycles. The molecule has 12 heteroatoms.